The largest absolute Gasteiger partial charge is 0.494 e. The van der Waals surface area contributed by atoms with Crippen molar-refractivity contribution >= 4 is 11.7 Å². The van der Waals surface area contributed by atoms with Crippen LogP contribution >= 0.6 is 0 Å². The molecule has 1 saturated carbocycles. The number of rotatable bonds is 7. The molecule has 22 heavy (non-hydrogen) atoms. The second-order valence-corrected chi connectivity index (χ2v) is 5.97. The average Bonchev–Trinajstić information content (AvgIpc) is 2.95. The smallest absolute Gasteiger partial charge is 0.319 e. The molecule has 5 heteroatoms. The number of carbonyl (C=O) groups excluding carboxylic acids is 1. The predicted octanol–water partition coefficient (Wildman–Crippen LogP) is 3.29. The summed E-state index contributed by atoms with van der Waals surface area (Å²) < 4.78 is 5.57. The van der Waals surface area contributed by atoms with Gasteiger partial charge in [-0.3, -0.25) is 0 Å². The van der Waals surface area contributed by atoms with Gasteiger partial charge in [-0.25, -0.2) is 4.79 Å². The third kappa shape index (κ3) is 5.22. The molecule has 2 amide bonds. The fourth-order valence-electron chi connectivity index (χ4n) is 2.60. The van der Waals surface area contributed by atoms with Gasteiger partial charge in [-0.2, -0.15) is 0 Å². The number of ether oxygens (including phenoxy) is 1. The normalized spacial score (nSPS) is 16.3. The van der Waals surface area contributed by atoms with Crippen molar-refractivity contribution in [2.45, 2.75) is 51.0 Å². The molecule has 5 nitrogen and oxygen atoms in total. The van der Waals surface area contributed by atoms with Gasteiger partial charge in [-0.15, -0.1) is 0 Å². The number of carbonyl (C=O) groups is 1. The summed E-state index contributed by atoms with van der Waals surface area (Å²) in [5, 5.41) is 15.7. The van der Waals surface area contributed by atoms with E-state index in [-0.39, 0.29) is 6.03 Å². The summed E-state index contributed by atoms with van der Waals surface area (Å²) in [6.07, 6.45) is 5.71. The SMILES string of the molecule is CCCCOc1ccc(NC(=O)NCC2(O)CCCC2)cc1. The maximum Gasteiger partial charge on any atom is 0.319 e. The van der Waals surface area contributed by atoms with Crippen LogP contribution in [0.2, 0.25) is 0 Å². The lowest BCUT2D eigenvalue weighted by molar-refractivity contribution is 0.0506. The van der Waals surface area contributed by atoms with Crippen LogP contribution in [-0.2, 0) is 0 Å². The van der Waals surface area contributed by atoms with Crippen molar-refractivity contribution in [3.63, 3.8) is 0 Å². The zero-order valence-electron chi connectivity index (χ0n) is 13.2. The highest BCUT2D eigenvalue weighted by atomic mass is 16.5. The molecular formula is C17H26N2O3. The first-order valence-corrected chi connectivity index (χ1v) is 8.11. The Morgan fingerprint density at radius 3 is 2.59 bits per heavy atom. The number of nitrogens with one attached hydrogen (secondary N) is 2. The van der Waals surface area contributed by atoms with Crippen molar-refractivity contribution in [1.29, 1.82) is 0 Å². The van der Waals surface area contributed by atoms with Crippen LogP contribution in [0.3, 0.4) is 0 Å². The molecule has 0 bridgehead atoms. The molecule has 1 aromatic carbocycles. The summed E-state index contributed by atoms with van der Waals surface area (Å²) in [6, 6.07) is 7.02. The van der Waals surface area contributed by atoms with E-state index in [4.69, 9.17) is 4.74 Å². The van der Waals surface area contributed by atoms with Gasteiger partial charge >= 0.3 is 6.03 Å². The number of unbranched alkanes of at least 4 members (excludes halogenated alkanes) is 1. The first-order valence-electron chi connectivity index (χ1n) is 8.11. The van der Waals surface area contributed by atoms with Crippen molar-refractivity contribution < 1.29 is 14.6 Å². The van der Waals surface area contributed by atoms with E-state index >= 15 is 0 Å². The van der Waals surface area contributed by atoms with Crippen LogP contribution in [0.25, 0.3) is 0 Å². The van der Waals surface area contributed by atoms with E-state index in [1.54, 1.807) is 0 Å². The Bertz CT molecular complexity index is 467. The summed E-state index contributed by atoms with van der Waals surface area (Å²) >= 11 is 0. The van der Waals surface area contributed by atoms with Gasteiger partial charge in [0.25, 0.3) is 0 Å². The first kappa shape index (κ1) is 16.6. The van der Waals surface area contributed by atoms with E-state index in [2.05, 4.69) is 17.6 Å². The molecule has 0 spiro atoms. The topological polar surface area (TPSA) is 70.6 Å². The predicted molar refractivity (Wildman–Crippen MR) is 87.3 cm³/mol. The zero-order valence-corrected chi connectivity index (χ0v) is 13.2. The van der Waals surface area contributed by atoms with Crippen molar-refractivity contribution in [3.8, 4) is 5.75 Å². The van der Waals surface area contributed by atoms with E-state index in [1.807, 2.05) is 24.3 Å². The molecule has 122 valence electrons. The van der Waals surface area contributed by atoms with Crippen molar-refractivity contribution in [2.75, 3.05) is 18.5 Å². The van der Waals surface area contributed by atoms with Gasteiger partial charge in [-0.1, -0.05) is 26.2 Å². The van der Waals surface area contributed by atoms with Crippen LogP contribution < -0.4 is 15.4 Å². The molecule has 0 heterocycles. The number of benzene rings is 1. The quantitative estimate of drug-likeness (QED) is 0.677. The second kappa shape index (κ2) is 8.03. The lowest BCUT2D eigenvalue weighted by Crippen LogP contribution is -2.42. The zero-order chi connectivity index (χ0) is 15.8. The number of hydrogen-bond donors (Lipinski definition) is 3. The van der Waals surface area contributed by atoms with Crippen LogP contribution in [0.4, 0.5) is 10.5 Å². The van der Waals surface area contributed by atoms with Crippen molar-refractivity contribution in [1.82, 2.24) is 5.32 Å². The lowest BCUT2D eigenvalue weighted by Gasteiger charge is -2.22. The number of aliphatic hydroxyl groups is 1. The molecule has 1 aliphatic rings. The summed E-state index contributed by atoms with van der Waals surface area (Å²) in [5.74, 6) is 0.805. The third-order valence-electron chi connectivity index (χ3n) is 3.99. The minimum Gasteiger partial charge on any atom is -0.494 e. The van der Waals surface area contributed by atoms with E-state index < -0.39 is 5.60 Å². The average molecular weight is 306 g/mol. The van der Waals surface area contributed by atoms with Crippen LogP contribution in [0.15, 0.2) is 24.3 Å². The van der Waals surface area contributed by atoms with Crippen LogP contribution in [0.5, 0.6) is 5.75 Å². The monoisotopic (exact) mass is 306 g/mol. The Morgan fingerprint density at radius 1 is 1.27 bits per heavy atom. The molecule has 0 radical (unpaired) electrons. The lowest BCUT2D eigenvalue weighted by atomic mass is 10.0. The summed E-state index contributed by atoms with van der Waals surface area (Å²) in [4.78, 5) is 11.8. The highest BCUT2D eigenvalue weighted by molar-refractivity contribution is 5.89. The van der Waals surface area contributed by atoms with Crippen LogP contribution in [0.1, 0.15) is 45.4 Å². The molecule has 3 N–H and O–H groups in total. The second-order valence-electron chi connectivity index (χ2n) is 5.97. The fraction of sp³-hybridized carbons (Fsp3) is 0.588. The molecular weight excluding hydrogens is 280 g/mol. The standard InChI is InChI=1S/C17H26N2O3/c1-2-3-12-22-15-8-6-14(7-9-15)19-16(20)18-13-17(21)10-4-5-11-17/h6-9,21H,2-5,10-13H2,1H3,(H2,18,19,20). The van der Waals surface area contributed by atoms with Crippen LogP contribution in [-0.4, -0.2) is 29.9 Å². The Kier molecular flexibility index (Phi) is 6.07. The van der Waals surface area contributed by atoms with Gasteiger partial charge in [0.05, 0.1) is 12.2 Å². The van der Waals surface area contributed by atoms with Gasteiger partial charge < -0.3 is 20.5 Å². The number of hydrogen-bond acceptors (Lipinski definition) is 3. The highest BCUT2D eigenvalue weighted by Crippen LogP contribution is 2.28. The molecule has 0 atom stereocenters. The summed E-state index contributed by atoms with van der Waals surface area (Å²) in [6.45, 7) is 3.14. The maximum absolute atomic E-state index is 11.8. The Morgan fingerprint density at radius 2 is 1.95 bits per heavy atom. The number of anilines is 1. The first-order chi connectivity index (χ1) is 10.6. The molecule has 0 unspecified atom stereocenters. The highest BCUT2D eigenvalue weighted by Gasteiger charge is 2.31. The van der Waals surface area contributed by atoms with Crippen LogP contribution in [0, 0.1) is 0 Å². The van der Waals surface area contributed by atoms with E-state index in [0.29, 0.717) is 18.8 Å². The van der Waals surface area contributed by atoms with Crippen molar-refractivity contribution in [2.24, 2.45) is 0 Å². The van der Waals surface area contributed by atoms with Gasteiger partial charge in [0.2, 0.25) is 0 Å². The Balaban J connectivity index is 1.74. The Hall–Kier alpha value is -1.75. The fourth-order valence-corrected chi connectivity index (χ4v) is 2.60. The summed E-state index contributed by atoms with van der Waals surface area (Å²) in [7, 11) is 0. The Labute approximate surface area is 132 Å². The van der Waals surface area contributed by atoms with Gasteiger partial charge in [-0.05, 0) is 43.5 Å². The molecule has 1 aliphatic carbocycles. The minimum absolute atomic E-state index is 0.292. The third-order valence-corrected chi connectivity index (χ3v) is 3.99. The maximum atomic E-state index is 11.8. The van der Waals surface area contributed by atoms with Gasteiger partial charge in [0.15, 0.2) is 0 Å². The molecule has 0 aliphatic heterocycles. The number of amides is 2. The van der Waals surface area contributed by atoms with Crippen molar-refractivity contribution in [3.05, 3.63) is 24.3 Å². The van der Waals surface area contributed by atoms with E-state index in [9.17, 15) is 9.90 Å². The van der Waals surface area contributed by atoms with E-state index in [1.165, 1.54) is 0 Å². The molecule has 1 fully saturated rings. The molecule has 1 aromatic rings. The number of urea groups is 1. The molecule has 0 aromatic heterocycles. The minimum atomic E-state index is -0.728. The molecule has 2 rings (SSSR count). The van der Waals surface area contributed by atoms with E-state index in [0.717, 1.165) is 44.3 Å². The molecule has 0 saturated heterocycles. The van der Waals surface area contributed by atoms with Gasteiger partial charge in [0.1, 0.15) is 5.75 Å². The summed E-state index contributed by atoms with van der Waals surface area (Å²) in [5.41, 5.74) is -0.0207. The van der Waals surface area contributed by atoms with Gasteiger partial charge in [0, 0.05) is 12.2 Å².